The number of sulfonamides is 1. The van der Waals surface area contributed by atoms with E-state index in [1.54, 1.807) is 0 Å². The summed E-state index contributed by atoms with van der Waals surface area (Å²) in [5, 5.41) is 3.16. The van der Waals surface area contributed by atoms with Gasteiger partial charge in [-0.05, 0) is 25.7 Å². The van der Waals surface area contributed by atoms with Crippen molar-refractivity contribution in [2.75, 3.05) is 25.6 Å². The van der Waals surface area contributed by atoms with Gasteiger partial charge in [-0.15, -0.1) is 0 Å². The third-order valence-electron chi connectivity index (χ3n) is 4.38. The Bertz CT molecular complexity index is 536. The van der Waals surface area contributed by atoms with Crippen molar-refractivity contribution in [2.45, 2.75) is 49.4 Å². The van der Waals surface area contributed by atoms with Gasteiger partial charge in [0, 0.05) is 31.4 Å². The van der Waals surface area contributed by atoms with Gasteiger partial charge in [0.15, 0.2) is 9.84 Å². The first kappa shape index (κ1) is 16.2. The molecule has 2 fully saturated rings. The molecule has 2 unspecified atom stereocenters. The average Bonchev–Trinajstić information content (AvgIpc) is 2.76. The van der Waals surface area contributed by atoms with Crippen molar-refractivity contribution >= 4 is 19.9 Å². The summed E-state index contributed by atoms with van der Waals surface area (Å²) in [5.74, 6) is 0. The highest BCUT2D eigenvalue weighted by Crippen LogP contribution is 2.26. The van der Waals surface area contributed by atoms with E-state index in [0.29, 0.717) is 13.1 Å². The zero-order chi connectivity index (χ0) is 15.0. The Balaban J connectivity index is 1.90. The highest BCUT2D eigenvalue weighted by molar-refractivity contribution is 7.91. The Kier molecular flexibility index (Phi) is 4.78. The van der Waals surface area contributed by atoms with Gasteiger partial charge in [0.25, 0.3) is 0 Å². The molecular formula is C12H24N2O4S2. The van der Waals surface area contributed by atoms with E-state index in [9.17, 15) is 16.8 Å². The lowest BCUT2D eigenvalue weighted by molar-refractivity contribution is 0.274. The predicted molar refractivity (Wildman–Crippen MR) is 78.8 cm³/mol. The third-order valence-corrected chi connectivity index (χ3v) is 7.34. The molecule has 0 bridgehead atoms. The summed E-state index contributed by atoms with van der Waals surface area (Å²) < 4.78 is 47.9. The maximum Gasteiger partial charge on any atom is 0.211 e. The van der Waals surface area contributed by atoms with Crippen molar-refractivity contribution in [2.24, 2.45) is 0 Å². The number of hydrogen-bond donors (Lipinski definition) is 1. The zero-order valence-corrected chi connectivity index (χ0v) is 13.7. The smallest absolute Gasteiger partial charge is 0.211 e. The van der Waals surface area contributed by atoms with Crippen LogP contribution in [0.5, 0.6) is 0 Å². The van der Waals surface area contributed by atoms with Gasteiger partial charge in [0.2, 0.25) is 10.0 Å². The van der Waals surface area contributed by atoms with Crippen LogP contribution >= 0.6 is 0 Å². The van der Waals surface area contributed by atoms with Crippen molar-refractivity contribution in [3.05, 3.63) is 0 Å². The lowest BCUT2D eigenvalue weighted by Gasteiger charge is -2.33. The Labute approximate surface area is 121 Å². The molecule has 0 aromatic heterocycles. The van der Waals surface area contributed by atoms with E-state index in [1.807, 2.05) is 0 Å². The molecule has 1 heterocycles. The van der Waals surface area contributed by atoms with Crippen LogP contribution in [0.25, 0.3) is 0 Å². The van der Waals surface area contributed by atoms with Crippen LogP contribution in [-0.2, 0) is 19.9 Å². The molecule has 0 spiro atoms. The zero-order valence-electron chi connectivity index (χ0n) is 12.1. The Morgan fingerprint density at radius 2 is 1.55 bits per heavy atom. The fraction of sp³-hybridized carbons (Fsp3) is 1.00. The lowest BCUT2D eigenvalue weighted by atomic mass is 10.0. The predicted octanol–water partition coefficient (Wildman–Crippen LogP) is -0.0343. The Morgan fingerprint density at radius 3 is 2.05 bits per heavy atom. The molecule has 0 aromatic rings. The second kappa shape index (κ2) is 5.90. The van der Waals surface area contributed by atoms with E-state index in [0.717, 1.165) is 32.1 Å². The second-order valence-corrected chi connectivity index (χ2v) is 10.3. The van der Waals surface area contributed by atoms with Gasteiger partial charge in [0.1, 0.15) is 0 Å². The van der Waals surface area contributed by atoms with Gasteiger partial charge in [-0.1, -0.05) is 6.42 Å². The van der Waals surface area contributed by atoms with Gasteiger partial charge in [-0.25, -0.2) is 21.1 Å². The molecule has 2 rings (SSSR count). The van der Waals surface area contributed by atoms with Crippen molar-refractivity contribution in [3.8, 4) is 0 Å². The van der Waals surface area contributed by atoms with E-state index in [1.165, 1.54) is 16.8 Å². The van der Waals surface area contributed by atoms with E-state index < -0.39 is 19.9 Å². The lowest BCUT2D eigenvalue weighted by Crippen LogP contribution is -2.50. The molecule has 6 nitrogen and oxygen atoms in total. The molecule has 118 valence electrons. The molecule has 1 saturated heterocycles. The van der Waals surface area contributed by atoms with Crippen LogP contribution < -0.4 is 5.32 Å². The minimum atomic E-state index is -3.10. The molecule has 2 aliphatic rings. The maximum atomic E-state index is 11.7. The fourth-order valence-electron chi connectivity index (χ4n) is 3.29. The topological polar surface area (TPSA) is 83.6 Å². The largest absolute Gasteiger partial charge is 0.310 e. The summed E-state index contributed by atoms with van der Waals surface area (Å²) in [7, 11) is -6.11. The SMILES string of the molecule is CS(=O)(=O)C1CCCC1NC1CCN(S(C)(=O)=O)CC1. The van der Waals surface area contributed by atoms with Crippen LogP contribution in [-0.4, -0.2) is 64.1 Å². The quantitative estimate of drug-likeness (QED) is 0.785. The molecule has 0 aromatic carbocycles. The monoisotopic (exact) mass is 324 g/mol. The van der Waals surface area contributed by atoms with Gasteiger partial charge in [-0.2, -0.15) is 0 Å². The first-order valence-corrected chi connectivity index (χ1v) is 10.9. The van der Waals surface area contributed by atoms with Crippen LogP contribution in [0.4, 0.5) is 0 Å². The maximum absolute atomic E-state index is 11.7. The van der Waals surface area contributed by atoms with E-state index in [2.05, 4.69) is 5.32 Å². The summed E-state index contributed by atoms with van der Waals surface area (Å²) in [5.41, 5.74) is 0. The summed E-state index contributed by atoms with van der Waals surface area (Å²) >= 11 is 0. The van der Waals surface area contributed by atoms with Crippen molar-refractivity contribution in [3.63, 3.8) is 0 Å². The van der Waals surface area contributed by atoms with Gasteiger partial charge >= 0.3 is 0 Å². The minimum Gasteiger partial charge on any atom is -0.310 e. The molecule has 2 atom stereocenters. The summed E-state index contributed by atoms with van der Waals surface area (Å²) in [4.78, 5) is 0. The molecule has 20 heavy (non-hydrogen) atoms. The van der Waals surface area contributed by atoms with Crippen LogP contribution in [0.2, 0.25) is 0 Å². The summed E-state index contributed by atoms with van der Waals surface area (Å²) in [6, 6.07) is 0.250. The van der Waals surface area contributed by atoms with E-state index in [4.69, 9.17) is 0 Å². The van der Waals surface area contributed by atoms with Crippen LogP contribution in [0.15, 0.2) is 0 Å². The Hall–Kier alpha value is -0.180. The number of piperidine rings is 1. The van der Waals surface area contributed by atoms with Gasteiger partial charge in [0.05, 0.1) is 11.5 Å². The number of sulfone groups is 1. The molecule has 8 heteroatoms. The van der Waals surface area contributed by atoms with Crippen LogP contribution in [0.3, 0.4) is 0 Å². The van der Waals surface area contributed by atoms with E-state index in [-0.39, 0.29) is 17.3 Å². The summed E-state index contributed by atoms with van der Waals surface area (Å²) in [6.07, 6.45) is 6.61. The Morgan fingerprint density at radius 1 is 0.950 bits per heavy atom. The number of nitrogens with one attached hydrogen (secondary N) is 1. The molecule has 1 aliphatic heterocycles. The van der Waals surface area contributed by atoms with Crippen molar-refractivity contribution < 1.29 is 16.8 Å². The van der Waals surface area contributed by atoms with E-state index >= 15 is 0 Å². The normalized spacial score (nSPS) is 30.7. The standard InChI is InChI=1S/C12H24N2O4S2/c1-19(15,16)12-5-3-4-11(12)13-10-6-8-14(9-7-10)20(2,17)18/h10-13H,3-9H2,1-2H3. The van der Waals surface area contributed by atoms with Gasteiger partial charge < -0.3 is 5.32 Å². The van der Waals surface area contributed by atoms with Crippen LogP contribution in [0.1, 0.15) is 32.1 Å². The second-order valence-electron chi connectivity index (χ2n) is 6.01. The van der Waals surface area contributed by atoms with Crippen molar-refractivity contribution in [1.82, 2.24) is 9.62 Å². The fourth-order valence-corrected chi connectivity index (χ4v) is 5.57. The molecular weight excluding hydrogens is 300 g/mol. The number of rotatable bonds is 4. The highest BCUT2D eigenvalue weighted by Gasteiger charge is 2.36. The molecule has 1 N–H and O–H groups in total. The minimum absolute atomic E-state index is 0.0276. The van der Waals surface area contributed by atoms with Gasteiger partial charge in [-0.3, -0.25) is 0 Å². The third kappa shape index (κ3) is 3.93. The number of nitrogens with zero attached hydrogens (tertiary/aromatic N) is 1. The molecule has 0 radical (unpaired) electrons. The van der Waals surface area contributed by atoms with Crippen LogP contribution in [0, 0.1) is 0 Å². The van der Waals surface area contributed by atoms with Crippen molar-refractivity contribution in [1.29, 1.82) is 0 Å². The molecule has 0 amide bonds. The molecule has 1 saturated carbocycles. The first-order chi connectivity index (χ1) is 9.18. The average molecular weight is 324 g/mol. The molecule has 1 aliphatic carbocycles. The summed E-state index contributed by atoms with van der Waals surface area (Å²) in [6.45, 7) is 1.04. The first-order valence-electron chi connectivity index (χ1n) is 7.08. The highest BCUT2D eigenvalue weighted by atomic mass is 32.2. The number of hydrogen-bond acceptors (Lipinski definition) is 5.